The molecule has 0 spiro atoms. The lowest BCUT2D eigenvalue weighted by Crippen LogP contribution is -2.21. The van der Waals surface area contributed by atoms with Gasteiger partial charge in [-0.2, -0.15) is 0 Å². The van der Waals surface area contributed by atoms with Gasteiger partial charge in [0.15, 0.2) is 0 Å². The van der Waals surface area contributed by atoms with Crippen molar-refractivity contribution < 1.29 is 4.74 Å². The minimum absolute atomic E-state index is 0.262. The van der Waals surface area contributed by atoms with Gasteiger partial charge in [-0.05, 0) is 42.9 Å². The first kappa shape index (κ1) is 13.0. The summed E-state index contributed by atoms with van der Waals surface area (Å²) in [6.07, 6.45) is 2.97. The van der Waals surface area contributed by atoms with Crippen LogP contribution in [0.2, 0.25) is 0 Å². The summed E-state index contributed by atoms with van der Waals surface area (Å²) in [5.74, 6) is 1.02. The molecule has 0 aliphatic carbocycles. The maximum Gasteiger partial charge on any atom is 0.124 e. The molecule has 1 unspecified atom stereocenters. The Labute approximate surface area is 98.8 Å². The van der Waals surface area contributed by atoms with Crippen molar-refractivity contribution in [2.24, 2.45) is 5.73 Å². The molecule has 0 heterocycles. The fourth-order valence-corrected chi connectivity index (χ4v) is 2.05. The highest BCUT2D eigenvalue weighted by molar-refractivity contribution is 5.44. The summed E-state index contributed by atoms with van der Waals surface area (Å²) in [5.41, 5.74) is 9.80. The zero-order valence-electron chi connectivity index (χ0n) is 10.8. The molecule has 0 aliphatic rings. The first-order valence-corrected chi connectivity index (χ1v) is 6.04. The van der Waals surface area contributed by atoms with Crippen LogP contribution in [0, 0.1) is 6.92 Å². The predicted molar refractivity (Wildman–Crippen MR) is 69.1 cm³/mol. The number of nitrogens with two attached hydrogens (primary N) is 1. The van der Waals surface area contributed by atoms with E-state index >= 15 is 0 Å². The molecule has 2 nitrogen and oxygen atoms in total. The van der Waals surface area contributed by atoms with Gasteiger partial charge in [-0.25, -0.2) is 0 Å². The zero-order chi connectivity index (χ0) is 12.1. The first-order valence-electron chi connectivity index (χ1n) is 6.04. The van der Waals surface area contributed by atoms with E-state index in [1.54, 1.807) is 7.11 Å². The van der Waals surface area contributed by atoms with Crippen LogP contribution in [0.4, 0.5) is 0 Å². The van der Waals surface area contributed by atoms with E-state index in [4.69, 9.17) is 10.5 Å². The van der Waals surface area contributed by atoms with Crippen molar-refractivity contribution in [1.29, 1.82) is 0 Å². The van der Waals surface area contributed by atoms with Crippen LogP contribution in [0.3, 0.4) is 0 Å². The summed E-state index contributed by atoms with van der Waals surface area (Å²) >= 11 is 0. The van der Waals surface area contributed by atoms with Crippen molar-refractivity contribution in [3.8, 4) is 5.75 Å². The van der Waals surface area contributed by atoms with Gasteiger partial charge in [-0.3, -0.25) is 0 Å². The molecular weight excluding hydrogens is 198 g/mol. The highest BCUT2D eigenvalue weighted by Crippen LogP contribution is 2.26. The molecule has 1 aromatic carbocycles. The largest absolute Gasteiger partial charge is 0.496 e. The van der Waals surface area contributed by atoms with Gasteiger partial charge in [-0.1, -0.05) is 26.0 Å². The Balaban J connectivity index is 3.00. The number of hydrogen-bond donors (Lipinski definition) is 1. The molecule has 0 bridgehead atoms. The predicted octanol–water partition coefficient (Wildman–Crippen LogP) is 2.85. The van der Waals surface area contributed by atoms with E-state index in [-0.39, 0.29) is 6.04 Å². The number of rotatable bonds is 5. The third kappa shape index (κ3) is 2.99. The molecule has 1 atom stereocenters. The van der Waals surface area contributed by atoms with E-state index in [1.807, 2.05) is 0 Å². The molecule has 2 N–H and O–H groups in total. The van der Waals surface area contributed by atoms with Crippen LogP contribution in [0.15, 0.2) is 12.1 Å². The lowest BCUT2D eigenvalue weighted by atomic mass is 9.98. The second-order valence-corrected chi connectivity index (χ2v) is 4.33. The standard InChI is InChI=1S/C14H23NO/c1-5-12-8-11(9-13(15)6-2)7-10(3)14(12)16-4/h7-8,13H,5-6,9,15H2,1-4H3. The van der Waals surface area contributed by atoms with E-state index in [1.165, 1.54) is 16.7 Å². The molecule has 2 heteroatoms. The summed E-state index contributed by atoms with van der Waals surface area (Å²) < 4.78 is 5.42. The van der Waals surface area contributed by atoms with Crippen molar-refractivity contribution in [3.05, 3.63) is 28.8 Å². The topological polar surface area (TPSA) is 35.2 Å². The second kappa shape index (κ2) is 5.90. The summed E-state index contributed by atoms with van der Waals surface area (Å²) in [5, 5.41) is 0. The molecule has 90 valence electrons. The number of methoxy groups -OCH3 is 1. The van der Waals surface area contributed by atoms with E-state index in [2.05, 4.69) is 32.9 Å². The Morgan fingerprint density at radius 1 is 1.31 bits per heavy atom. The summed E-state index contributed by atoms with van der Waals surface area (Å²) in [6.45, 7) is 6.38. The summed E-state index contributed by atoms with van der Waals surface area (Å²) in [4.78, 5) is 0. The van der Waals surface area contributed by atoms with Gasteiger partial charge in [-0.15, -0.1) is 0 Å². The molecule has 0 saturated carbocycles. The summed E-state index contributed by atoms with van der Waals surface area (Å²) in [6, 6.07) is 4.67. The molecule has 0 aliphatic heterocycles. The van der Waals surface area contributed by atoms with Crippen LogP contribution in [-0.2, 0) is 12.8 Å². The molecule has 0 radical (unpaired) electrons. The smallest absolute Gasteiger partial charge is 0.124 e. The van der Waals surface area contributed by atoms with Gasteiger partial charge in [0.1, 0.15) is 5.75 Å². The average Bonchev–Trinajstić information content (AvgIpc) is 2.28. The van der Waals surface area contributed by atoms with Crippen molar-refractivity contribution in [3.63, 3.8) is 0 Å². The molecule has 0 fully saturated rings. The van der Waals surface area contributed by atoms with Crippen LogP contribution < -0.4 is 10.5 Å². The maximum absolute atomic E-state index is 5.99. The Hall–Kier alpha value is -1.02. The fourth-order valence-electron chi connectivity index (χ4n) is 2.05. The first-order chi connectivity index (χ1) is 7.62. The summed E-state index contributed by atoms with van der Waals surface area (Å²) in [7, 11) is 1.74. The van der Waals surface area contributed by atoms with Gasteiger partial charge in [0, 0.05) is 6.04 Å². The number of ether oxygens (including phenoxy) is 1. The Morgan fingerprint density at radius 2 is 2.00 bits per heavy atom. The minimum atomic E-state index is 0.262. The van der Waals surface area contributed by atoms with Crippen LogP contribution in [0.5, 0.6) is 5.75 Å². The van der Waals surface area contributed by atoms with E-state index in [0.29, 0.717) is 0 Å². The van der Waals surface area contributed by atoms with Crippen LogP contribution in [0.25, 0.3) is 0 Å². The monoisotopic (exact) mass is 221 g/mol. The third-order valence-corrected chi connectivity index (χ3v) is 3.02. The molecule has 16 heavy (non-hydrogen) atoms. The van der Waals surface area contributed by atoms with Gasteiger partial charge < -0.3 is 10.5 Å². The molecule has 1 rings (SSSR count). The SMILES string of the molecule is CCc1cc(CC(N)CC)cc(C)c1OC. The van der Waals surface area contributed by atoms with E-state index in [9.17, 15) is 0 Å². The molecular formula is C14H23NO. The lowest BCUT2D eigenvalue weighted by molar-refractivity contribution is 0.406. The highest BCUT2D eigenvalue weighted by atomic mass is 16.5. The number of benzene rings is 1. The van der Waals surface area contributed by atoms with E-state index < -0.39 is 0 Å². The quantitative estimate of drug-likeness (QED) is 0.829. The van der Waals surface area contributed by atoms with Gasteiger partial charge >= 0.3 is 0 Å². The van der Waals surface area contributed by atoms with Crippen LogP contribution >= 0.6 is 0 Å². The lowest BCUT2D eigenvalue weighted by Gasteiger charge is -2.15. The Bertz CT molecular complexity index is 347. The Kier molecular flexibility index (Phi) is 4.81. The van der Waals surface area contributed by atoms with Gasteiger partial charge in [0.25, 0.3) is 0 Å². The van der Waals surface area contributed by atoms with Gasteiger partial charge in [0.2, 0.25) is 0 Å². The van der Waals surface area contributed by atoms with Crippen LogP contribution in [-0.4, -0.2) is 13.2 Å². The second-order valence-electron chi connectivity index (χ2n) is 4.33. The average molecular weight is 221 g/mol. The molecule has 0 aromatic heterocycles. The fraction of sp³-hybridized carbons (Fsp3) is 0.571. The maximum atomic E-state index is 5.99. The third-order valence-electron chi connectivity index (χ3n) is 3.02. The molecule has 0 saturated heterocycles. The minimum Gasteiger partial charge on any atom is -0.496 e. The van der Waals surface area contributed by atoms with Crippen LogP contribution in [0.1, 0.15) is 37.0 Å². The normalized spacial score (nSPS) is 12.6. The van der Waals surface area contributed by atoms with Crippen molar-refractivity contribution in [2.75, 3.05) is 7.11 Å². The Morgan fingerprint density at radius 3 is 2.50 bits per heavy atom. The van der Waals surface area contributed by atoms with Crippen molar-refractivity contribution >= 4 is 0 Å². The van der Waals surface area contributed by atoms with E-state index in [0.717, 1.165) is 25.0 Å². The number of hydrogen-bond acceptors (Lipinski definition) is 2. The van der Waals surface area contributed by atoms with Gasteiger partial charge in [0.05, 0.1) is 7.11 Å². The number of aryl methyl sites for hydroxylation is 2. The molecule has 0 amide bonds. The van der Waals surface area contributed by atoms with Crippen molar-refractivity contribution in [1.82, 2.24) is 0 Å². The molecule has 1 aromatic rings. The highest BCUT2D eigenvalue weighted by Gasteiger charge is 2.09. The zero-order valence-corrected chi connectivity index (χ0v) is 10.8. The van der Waals surface area contributed by atoms with Crippen molar-refractivity contribution in [2.45, 2.75) is 46.1 Å².